The largest absolute Gasteiger partial charge is 0.227 e. The van der Waals surface area contributed by atoms with E-state index < -0.39 is 15.3 Å². The highest BCUT2D eigenvalue weighted by Gasteiger charge is 2.22. The summed E-state index contributed by atoms with van der Waals surface area (Å²) in [7, 11) is -3.42. The molecule has 0 saturated heterocycles. The van der Waals surface area contributed by atoms with Crippen molar-refractivity contribution >= 4 is 10.0 Å². The van der Waals surface area contributed by atoms with Crippen LogP contribution >= 0.6 is 0 Å². The fourth-order valence-corrected chi connectivity index (χ4v) is 2.45. The van der Waals surface area contributed by atoms with E-state index >= 15 is 0 Å². The average molecular weight is 232 g/mol. The molecular formula is C10H20N2O2S. The molecule has 0 aliphatic carbocycles. The minimum absolute atomic E-state index is 0.334. The van der Waals surface area contributed by atoms with Crippen molar-refractivity contribution in [1.29, 1.82) is 5.26 Å². The van der Waals surface area contributed by atoms with Crippen molar-refractivity contribution in [2.45, 2.75) is 51.2 Å². The first kappa shape index (κ1) is 14.4. The Hall–Kier alpha value is -0.600. The smallest absolute Gasteiger partial charge is 0.214 e. The maximum absolute atomic E-state index is 11.5. The molecule has 1 atom stereocenters. The second kappa shape index (κ2) is 7.66. The molecule has 0 amide bonds. The van der Waals surface area contributed by atoms with Crippen LogP contribution < -0.4 is 4.72 Å². The van der Waals surface area contributed by atoms with Gasteiger partial charge in [0.25, 0.3) is 0 Å². The molecule has 0 heterocycles. The first-order valence-electron chi connectivity index (χ1n) is 5.46. The lowest BCUT2D eigenvalue weighted by molar-refractivity contribution is 0.565. The number of nitrogens with zero attached hydrogens (tertiary/aromatic N) is 1. The maximum atomic E-state index is 11.5. The lowest BCUT2D eigenvalue weighted by Crippen LogP contribution is -2.33. The van der Waals surface area contributed by atoms with Crippen LogP contribution in [-0.2, 0) is 10.0 Å². The number of unbranched alkanes of at least 4 members (excludes halogenated alkanes) is 3. The fraction of sp³-hybridized carbons (Fsp3) is 0.900. The van der Waals surface area contributed by atoms with E-state index in [1.165, 1.54) is 0 Å². The third kappa shape index (κ3) is 5.75. The number of hydrogen-bond acceptors (Lipinski definition) is 3. The van der Waals surface area contributed by atoms with Gasteiger partial charge >= 0.3 is 0 Å². The van der Waals surface area contributed by atoms with Crippen LogP contribution in [0.5, 0.6) is 0 Å². The molecule has 1 unspecified atom stereocenters. The Balaban J connectivity index is 3.90. The van der Waals surface area contributed by atoms with Gasteiger partial charge in [-0.1, -0.05) is 33.1 Å². The first-order valence-corrected chi connectivity index (χ1v) is 7.01. The molecular weight excluding hydrogens is 212 g/mol. The van der Waals surface area contributed by atoms with Gasteiger partial charge in [-0.3, -0.25) is 0 Å². The first-order chi connectivity index (χ1) is 7.08. The van der Waals surface area contributed by atoms with Crippen LogP contribution in [0.15, 0.2) is 0 Å². The van der Waals surface area contributed by atoms with Gasteiger partial charge in [-0.05, 0) is 12.8 Å². The summed E-state index contributed by atoms with van der Waals surface area (Å²) in [5, 5.41) is 7.72. The Morgan fingerprint density at radius 3 is 2.40 bits per heavy atom. The Morgan fingerprint density at radius 1 is 1.27 bits per heavy atom. The molecule has 0 rings (SSSR count). The summed E-state index contributed by atoms with van der Waals surface area (Å²) in [4.78, 5) is 0. The molecule has 0 aromatic rings. The van der Waals surface area contributed by atoms with Crippen molar-refractivity contribution in [3.05, 3.63) is 0 Å². The Kier molecular flexibility index (Phi) is 7.35. The third-order valence-corrected chi connectivity index (χ3v) is 4.02. The number of nitriles is 1. The van der Waals surface area contributed by atoms with E-state index in [0.29, 0.717) is 13.0 Å². The summed E-state index contributed by atoms with van der Waals surface area (Å²) < 4.78 is 25.5. The van der Waals surface area contributed by atoms with Crippen molar-refractivity contribution in [1.82, 2.24) is 4.72 Å². The van der Waals surface area contributed by atoms with E-state index in [0.717, 1.165) is 25.7 Å². The zero-order chi connectivity index (χ0) is 11.7. The fourth-order valence-electron chi connectivity index (χ4n) is 1.25. The van der Waals surface area contributed by atoms with Crippen LogP contribution in [0.4, 0.5) is 0 Å². The minimum Gasteiger partial charge on any atom is -0.214 e. The quantitative estimate of drug-likeness (QED) is 0.649. The highest BCUT2D eigenvalue weighted by atomic mass is 32.2. The zero-order valence-corrected chi connectivity index (χ0v) is 10.3. The zero-order valence-electron chi connectivity index (χ0n) is 9.49. The normalized spacial score (nSPS) is 13.4. The van der Waals surface area contributed by atoms with Crippen LogP contribution in [-0.4, -0.2) is 20.2 Å². The van der Waals surface area contributed by atoms with Gasteiger partial charge in [-0.25, -0.2) is 13.1 Å². The van der Waals surface area contributed by atoms with E-state index in [9.17, 15) is 8.42 Å². The van der Waals surface area contributed by atoms with Crippen molar-refractivity contribution in [3.63, 3.8) is 0 Å². The topological polar surface area (TPSA) is 70.0 Å². The van der Waals surface area contributed by atoms with Gasteiger partial charge in [0.15, 0.2) is 5.25 Å². The van der Waals surface area contributed by atoms with Crippen LogP contribution in [0.1, 0.15) is 46.0 Å². The van der Waals surface area contributed by atoms with E-state index in [2.05, 4.69) is 11.6 Å². The van der Waals surface area contributed by atoms with Gasteiger partial charge in [0, 0.05) is 6.54 Å². The SMILES string of the molecule is CCCCCCNS(=O)(=O)C(C#N)CC. The summed E-state index contributed by atoms with van der Waals surface area (Å²) >= 11 is 0. The van der Waals surface area contributed by atoms with E-state index in [1.807, 2.05) is 0 Å². The summed E-state index contributed by atoms with van der Waals surface area (Å²) in [5.41, 5.74) is 0. The molecule has 0 radical (unpaired) electrons. The van der Waals surface area contributed by atoms with Gasteiger partial charge < -0.3 is 0 Å². The van der Waals surface area contributed by atoms with Crippen molar-refractivity contribution < 1.29 is 8.42 Å². The van der Waals surface area contributed by atoms with Crippen molar-refractivity contribution in [3.8, 4) is 6.07 Å². The molecule has 15 heavy (non-hydrogen) atoms. The Morgan fingerprint density at radius 2 is 1.93 bits per heavy atom. The molecule has 0 saturated carbocycles. The molecule has 0 fully saturated rings. The lowest BCUT2D eigenvalue weighted by Gasteiger charge is -2.09. The Labute approximate surface area is 92.7 Å². The number of sulfonamides is 1. The summed E-state index contributed by atoms with van der Waals surface area (Å²) in [6, 6.07) is 1.79. The standard InChI is InChI=1S/C10H20N2O2S/c1-3-5-6-7-8-12-15(13,14)10(4-2)9-11/h10,12H,3-8H2,1-2H3. The van der Waals surface area contributed by atoms with Crippen molar-refractivity contribution in [2.75, 3.05) is 6.54 Å². The van der Waals surface area contributed by atoms with Gasteiger partial charge in [-0.15, -0.1) is 0 Å². The maximum Gasteiger partial charge on any atom is 0.227 e. The number of rotatable bonds is 8. The molecule has 88 valence electrons. The third-order valence-electron chi connectivity index (χ3n) is 2.22. The van der Waals surface area contributed by atoms with Gasteiger partial charge in [0.05, 0.1) is 6.07 Å². The van der Waals surface area contributed by atoms with E-state index in [-0.39, 0.29) is 0 Å². The highest BCUT2D eigenvalue weighted by Crippen LogP contribution is 2.03. The monoisotopic (exact) mass is 232 g/mol. The molecule has 0 aromatic heterocycles. The average Bonchev–Trinajstić information content (AvgIpc) is 2.18. The number of hydrogen-bond donors (Lipinski definition) is 1. The van der Waals surface area contributed by atoms with Crippen LogP contribution in [0.2, 0.25) is 0 Å². The minimum atomic E-state index is -3.42. The van der Waals surface area contributed by atoms with Crippen LogP contribution in [0.3, 0.4) is 0 Å². The molecule has 0 bridgehead atoms. The van der Waals surface area contributed by atoms with Crippen molar-refractivity contribution in [2.24, 2.45) is 0 Å². The van der Waals surface area contributed by atoms with E-state index in [1.54, 1.807) is 13.0 Å². The van der Waals surface area contributed by atoms with Gasteiger partial charge in [-0.2, -0.15) is 5.26 Å². The second-order valence-corrected chi connectivity index (χ2v) is 5.47. The molecule has 0 aromatic carbocycles. The van der Waals surface area contributed by atoms with Gasteiger partial charge in [0.1, 0.15) is 0 Å². The molecule has 4 nitrogen and oxygen atoms in total. The van der Waals surface area contributed by atoms with Crippen LogP contribution in [0.25, 0.3) is 0 Å². The second-order valence-electron chi connectivity index (χ2n) is 3.53. The lowest BCUT2D eigenvalue weighted by atomic mass is 10.2. The molecule has 5 heteroatoms. The highest BCUT2D eigenvalue weighted by molar-refractivity contribution is 7.90. The van der Waals surface area contributed by atoms with Crippen LogP contribution in [0, 0.1) is 11.3 Å². The predicted octanol–water partition coefficient (Wildman–Crippen LogP) is 1.79. The molecule has 0 spiro atoms. The molecule has 0 aliphatic heterocycles. The molecule has 0 aliphatic rings. The molecule has 1 N–H and O–H groups in total. The summed E-state index contributed by atoms with van der Waals surface area (Å²) in [6.45, 7) is 4.25. The van der Waals surface area contributed by atoms with E-state index in [4.69, 9.17) is 5.26 Å². The Bertz CT molecular complexity index is 293. The summed E-state index contributed by atoms with van der Waals surface area (Å²) in [5.74, 6) is 0. The summed E-state index contributed by atoms with van der Waals surface area (Å²) in [6.07, 6.45) is 4.46. The van der Waals surface area contributed by atoms with Gasteiger partial charge in [0.2, 0.25) is 10.0 Å². The number of nitrogens with one attached hydrogen (secondary N) is 1. The predicted molar refractivity (Wildman–Crippen MR) is 60.8 cm³/mol.